The number of hydrogen-bond acceptors (Lipinski definition) is 2. The molecule has 0 saturated heterocycles. The van der Waals surface area contributed by atoms with Gasteiger partial charge >= 0.3 is 0 Å². The van der Waals surface area contributed by atoms with Gasteiger partial charge in [-0.05, 0) is 50.7 Å². The molecule has 1 aromatic carbocycles. The number of benzene rings is 1. The van der Waals surface area contributed by atoms with Crippen LogP contribution in [0.4, 0.5) is 0 Å². The van der Waals surface area contributed by atoms with Gasteiger partial charge in [0.2, 0.25) is 5.43 Å². The summed E-state index contributed by atoms with van der Waals surface area (Å²) in [6, 6.07) is 3.60. The molecule has 72 valence electrons. The van der Waals surface area contributed by atoms with Crippen molar-refractivity contribution in [3.63, 3.8) is 0 Å². The monoisotopic (exact) mass is 428 g/mol. The highest BCUT2D eigenvalue weighted by Gasteiger charge is 2.08. The fraction of sp³-hybridized carbons (Fsp3) is 0. The second-order valence-corrected chi connectivity index (χ2v) is 5.61. The minimum absolute atomic E-state index is 0.00569. The molecule has 0 spiro atoms. The van der Waals surface area contributed by atoms with Gasteiger partial charge in [-0.3, -0.25) is 4.79 Å². The zero-order chi connectivity index (χ0) is 10.3. The third kappa shape index (κ3) is 1.77. The number of halogens is 3. The summed E-state index contributed by atoms with van der Waals surface area (Å²) in [6.07, 6.45) is 1.46. The molecule has 2 aromatic rings. The van der Waals surface area contributed by atoms with Crippen LogP contribution in [0.15, 0.2) is 36.6 Å². The Morgan fingerprint density at radius 1 is 1.29 bits per heavy atom. The molecule has 0 aliphatic carbocycles. The van der Waals surface area contributed by atoms with Gasteiger partial charge in [-0.15, -0.1) is 0 Å². The van der Waals surface area contributed by atoms with Crippen LogP contribution in [0.5, 0.6) is 0 Å². The van der Waals surface area contributed by atoms with Gasteiger partial charge in [0.1, 0.15) is 6.26 Å². The van der Waals surface area contributed by atoms with Crippen molar-refractivity contribution in [3.8, 4) is 0 Å². The lowest BCUT2D eigenvalue weighted by atomic mass is 10.2. The topological polar surface area (TPSA) is 30.2 Å². The number of rotatable bonds is 0. The summed E-state index contributed by atoms with van der Waals surface area (Å²) in [5, 5.41) is 0.582. The van der Waals surface area contributed by atoms with Crippen LogP contribution in [-0.2, 0) is 0 Å². The maximum absolute atomic E-state index is 11.7. The highest BCUT2D eigenvalue weighted by Crippen LogP contribution is 2.26. The molecule has 2 rings (SSSR count). The molecular weight excluding hydrogens is 427 g/mol. The van der Waals surface area contributed by atoms with E-state index in [0.717, 1.165) is 8.95 Å². The summed E-state index contributed by atoms with van der Waals surface area (Å²) < 4.78 is 7.54. The molecule has 0 radical (unpaired) electrons. The van der Waals surface area contributed by atoms with Crippen molar-refractivity contribution in [1.82, 2.24) is 0 Å². The lowest BCUT2D eigenvalue weighted by Gasteiger charge is -2.00. The van der Waals surface area contributed by atoms with Gasteiger partial charge in [-0.25, -0.2) is 0 Å². The van der Waals surface area contributed by atoms with E-state index in [4.69, 9.17) is 4.42 Å². The van der Waals surface area contributed by atoms with Gasteiger partial charge in [0.15, 0.2) is 5.58 Å². The van der Waals surface area contributed by atoms with Crippen molar-refractivity contribution in [2.75, 3.05) is 0 Å². The average molecular weight is 430 g/mol. The highest BCUT2D eigenvalue weighted by atomic mass is 127. The quantitative estimate of drug-likeness (QED) is 0.594. The fourth-order valence-electron chi connectivity index (χ4n) is 1.14. The van der Waals surface area contributed by atoms with Crippen LogP contribution >= 0.6 is 54.5 Å². The van der Waals surface area contributed by atoms with E-state index in [1.54, 1.807) is 6.07 Å². The van der Waals surface area contributed by atoms with Crippen molar-refractivity contribution >= 4 is 65.4 Å². The Morgan fingerprint density at radius 2 is 2.00 bits per heavy atom. The molecule has 14 heavy (non-hydrogen) atoms. The Hall–Kier alpha value is 0.120. The first-order valence-electron chi connectivity index (χ1n) is 3.65. The van der Waals surface area contributed by atoms with E-state index in [0.29, 0.717) is 14.5 Å². The molecule has 0 bridgehead atoms. The lowest BCUT2D eigenvalue weighted by Crippen LogP contribution is -2.04. The third-order valence-electron chi connectivity index (χ3n) is 1.75. The van der Waals surface area contributed by atoms with Gasteiger partial charge in [0.25, 0.3) is 0 Å². The maximum atomic E-state index is 11.7. The molecule has 2 nitrogen and oxygen atoms in total. The predicted octanol–water partition coefficient (Wildman–Crippen LogP) is 3.92. The van der Waals surface area contributed by atoms with Gasteiger partial charge in [0, 0.05) is 4.47 Å². The Labute approximate surface area is 110 Å². The molecule has 0 amide bonds. The summed E-state index contributed by atoms with van der Waals surface area (Å²) >= 11 is 8.63. The van der Waals surface area contributed by atoms with E-state index in [9.17, 15) is 4.79 Å². The van der Waals surface area contributed by atoms with Crippen LogP contribution in [0.25, 0.3) is 11.0 Å². The zero-order valence-corrected chi connectivity index (χ0v) is 12.0. The molecule has 1 heterocycles. The minimum Gasteiger partial charge on any atom is -0.462 e. The van der Waals surface area contributed by atoms with Gasteiger partial charge in [0.05, 0.1) is 13.4 Å². The van der Waals surface area contributed by atoms with E-state index >= 15 is 0 Å². The molecule has 1 aromatic heterocycles. The normalized spacial score (nSPS) is 10.8. The Morgan fingerprint density at radius 3 is 2.71 bits per heavy atom. The molecule has 0 saturated carbocycles. The second-order valence-electron chi connectivity index (χ2n) is 2.68. The van der Waals surface area contributed by atoms with Crippen molar-refractivity contribution < 1.29 is 4.42 Å². The van der Waals surface area contributed by atoms with Crippen molar-refractivity contribution in [1.29, 1.82) is 0 Å². The second kappa shape index (κ2) is 3.94. The third-order valence-corrected chi connectivity index (χ3v) is 3.54. The van der Waals surface area contributed by atoms with Crippen LogP contribution in [0.2, 0.25) is 0 Å². The molecule has 0 fully saturated rings. The Balaban J connectivity index is 3.03. The highest BCUT2D eigenvalue weighted by molar-refractivity contribution is 14.1. The predicted molar refractivity (Wildman–Crippen MR) is 70.6 cm³/mol. The van der Waals surface area contributed by atoms with Crippen LogP contribution < -0.4 is 5.43 Å². The Kier molecular flexibility index (Phi) is 2.99. The fourth-order valence-corrected chi connectivity index (χ4v) is 2.88. The van der Waals surface area contributed by atoms with Crippen molar-refractivity contribution in [2.45, 2.75) is 0 Å². The zero-order valence-electron chi connectivity index (χ0n) is 6.68. The van der Waals surface area contributed by atoms with E-state index < -0.39 is 0 Å². The minimum atomic E-state index is -0.00569. The summed E-state index contributed by atoms with van der Waals surface area (Å²) in [4.78, 5) is 11.7. The van der Waals surface area contributed by atoms with Crippen LogP contribution in [-0.4, -0.2) is 0 Å². The number of hydrogen-bond donors (Lipinski definition) is 0. The van der Waals surface area contributed by atoms with Crippen LogP contribution in [0.1, 0.15) is 0 Å². The molecule has 0 unspecified atom stereocenters. The van der Waals surface area contributed by atoms with Gasteiger partial charge in [-0.2, -0.15) is 0 Å². The first-order valence-corrected chi connectivity index (χ1v) is 6.32. The van der Waals surface area contributed by atoms with E-state index in [1.807, 2.05) is 28.7 Å². The van der Waals surface area contributed by atoms with E-state index in [2.05, 4.69) is 31.9 Å². The lowest BCUT2D eigenvalue weighted by molar-refractivity contribution is 0.596. The SMILES string of the molecule is O=c1c(I)coc2c(Br)cc(Br)cc12. The summed E-state index contributed by atoms with van der Waals surface area (Å²) in [6.45, 7) is 0. The number of fused-ring (bicyclic) bond motifs is 1. The van der Waals surface area contributed by atoms with E-state index in [1.165, 1.54) is 6.26 Å². The van der Waals surface area contributed by atoms with Crippen LogP contribution in [0.3, 0.4) is 0 Å². The largest absolute Gasteiger partial charge is 0.462 e. The first-order chi connectivity index (χ1) is 6.59. The maximum Gasteiger partial charge on any atom is 0.206 e. The molecule has 0 N–H and O–H groups in total. The molecular formula is C9H3Br2IO2. The molecule has 0 aliphatic rings. The molecule has 0 aliphatic heterocycles. The first kappa shape index (κ1) is 10.6. The summed E-state index contributed by atoms with van der Waals surface area (Å²) in [5.74, 6) is 0. The average Bonchev–Trinajstić information content (AvgIpc) is 2.12. The standard InChI is InChI=1S/C9H3Br2IO2/c10-4-1-5-8(13)7(12)3-14-9(5)6(11)2-4/h1-3H. The van der Waals surface area contributed by atoms with E-state index in [-0.39, 0.29) is 5.43 Å². The van der Waals surface area contributed by atoms with Crippen molar-refractivity contribution in [3.05, 3.63) is 41.1 Å². The molecule has 0 atom stereocenters. The molecule has 5 heteroatoms. The Bertz CT molecular complexity index is 562. The summed E-state index contributed by atoms with van der Waals surface area (Å²) in [5.41, 5.74) is 0.576. The van der Waals surface area contributed by atoms with Gasteiger partial charge < -0.3 is 4.42 Å². The van der Waals surface area contributed by atoms with Crippen molar-refractivity contribution in [2.24, 2.45) is 0 Å². The van der Waals surface area contributed by atoms with Gasteiger partial charge in [-0.1, -0.05) is 15.9 Å². The summed E-state index contributed by atoms with van der Waals surface area (Å²) in [7, 11) is 0. The van der Waals surface area contributed by atoms with Crippen LogP contribution in [0, 0.1) is 3.57 Å². The smallest absolute Gasteiger partial charge is 0.206 e.